The lowest BCUT2D eigenvalue weighted by atomic mass is 10.2. The summed E-state index contributed by atoms with van der Waals surface area (Å²) >= 11 is 0. The lowest BCUT2D eigenvalue weighted by Crippen LogP contribution is -2.40. The fourth-order valence-corrected chi connectivity index (χ4v) is 1.34. The molecule has 1 atom stereocenters. The molecule has 0 spiro atoms. The van der Waals surface area contributed by atoms with Crippen LogP contribution in [-0.4, -0.2) is 36.1 Å². The summed E-state index contributed by atoms with van der Waals surface area (Å²) in [5.41, 5.74) is -0.0733. The molecule has 0 saturated carbocycles. The normalized spacial score (nSPS) is 11.7. The molecule has 98 valence electrons. The van der Waals surface area contributed by atoms with Crippen molar-refractivity contribution in [1.82, 2.24) is 5.32 Å². The Kier molecular flexibility index (Phi) is 4.47. The van der Waals surface area contributed by atoms with Gasteiger partial charge in [-0.3, -0.25) is 4.79 Å². The fourth-order valence-electron chi connectivity index (χ4n) is 1.34. The molecule has 7 nitrogen and oxygen atoms in total. The molecule has 1 amide bonds. The van der Waals surface area contributed by atoms with Crippen molar-refractivity contribution in [2.24, 2.45) is 0 Å². The number of ether oxygens (including phenoxy) is 1. The lowest BCUT2D eigenvalue weighted by Gasteiger charge is -2.10. The zero-order valence-electron chi connectivity index (χ0n) is 9.93. The van der Waals surface area contributed by atoms with E-state index in [2.05, 4.69) is 10.1 Å². The van der Waals surface area contributed by atoms with Crippen LogP contribution in [0.4, 0.5) is 0 Å². The summed E-state index contributed by atoms with van der Waals surface area (Å²) in [7, 11) is 1.21. The van der Waals surface area contributed by atoms with E-state index in [1.54, 1.807) is 0 Å². The highest BCUT2D eigenvalue weighted by Crippen LogP contribution is 2.11. The lowest BCUT2D eigenvalue weighted by molar-refractivity contribution is -0.144. The fraction of sp³-hybridized carbons (Fsp3) is 0.364. The molecule has 0 saturated heterocycles. The van der Waals surface area contributed by atoms with Gasteiger partial charge in [-0.1, -0.05) is 0 Å². The maximum atomic E-state index is 11.5. The molecule has 18 heavy (non-hydrogen) atoms. The monoisotopic (exact) mass is 255 g/mol. The predicted molar refractivity (Wildman–Crippen MR) is 59.0 cm³/mol. The number of carbonyl (C=O) groups is 3. The first-order chi connectivity index (χ1) is 8.45. The quantitative estimate of drug-likeness (QED) is 0.728. The minimum Gasteiger partial charge on any atom is -0.478 e. The second kappa shape index (κ2) is 5.85. The molecular formula is C11H13NO6. The number of hydrogen-bond acceptors (Lipinski definition) is 5. The SMILES string of the molecule is COC(=O)C(C)NC(=O)Cc1occc1C(=O)O. The number of methoxy groups -OCH3 is 1. The van der Waals surface area contributed by atoms with Gasteiger partial charge in [0.05, 0.1) is 19.8 Å². The van der Waals surface area contributed by atoms with Crippen LogP contribution in [0.2, 0.25) is 0 Å². The Morgan fingerprint density at radius 1 is 1.50 bits per heavy atom. The van der Waals surface area contributed by atoms with Gasteiger partial charge in [-0.15, -0.1) is 0 Å². The Balaban J connectivity index is 2.62. The van der Waals surface area contributed by atoms with Gasteiger partial charge in [-0.05, 0) is 13.0 Å². The van der Waals surface area contributed by atoms with E-state index in [-0.39, 0.29) is 17.7 Å². The van der Waals surface area contributed by atoms with E-state index in [0.717, 1.165) is 0 Å². The first-order valence-corrected chi connectivity index (χ1v) is 5.12. The topological polar surface area (TPSA) is 106 Å². The standard InChI is InChI=1S/C11H13NO6/c1-6(11(16)17-2)12-9(13)5-8-7(10(14)15)3-4-18-8/h3-4,6H,5H2,1-2H3,(H,12,13)(H,14,15). The van der Waals surface area contributed by atoms with Crippen LogP contribution >= 0.6 is 0 Å². The Morgan fingerprint density at radius 3 is 2.72 bits per heavy atom. The van der Waals surface area contributed by atoms with Gasteiger partial charge in [0.1, 0.15) is 17.4 Å². The molecule has 0 aliphatic heterocycles. The van der Waals surface area contributed by atoms with Gasteiger partial charge in [-0.2, -0.15) is 0 Å². The van der Waals surface area contributed by atoms with Crippen molar-refractivity contribution in [3.8, 4) is 0 Å². The van der Waals surface area contributed by atoms with E-state index >= 15 is 0 Å². The van der Waals surface area contributed by atoms with E-state index in [9.17, 15) is 14.4 Å². The largest absolute Gasteiger partial charge is 0.478 e. The van der Waals surface area contributed by atoms with Crippen LogP contribution in [0.15, 0.2) is 16.7 Å². The Morgan fingerprint density at radius 2 is 2.17 bits per heavy atom. The molecule has 1 unspecified atom stereocenters. The smallest absolute Gasteiger partial charge is 0.339 e. The predicted octanol–water partition coefficient (Wildman–Crippen LogP) is 0.198. The second-order valence-electron chi connectivity index (χ2n) is 3.55. The van der Waals surface area contributed by atoms with E-state index in [0.29, 0.717) is 0 Å². The number of carboxylic acids is 1. The summed E-state index contributed by atoms with van der Waals surface area (Å²) in [5, 5.41) is 11.2. The van der Waals surface area contributed by atoms with Crippen molar-refractivity contribution in [1.29, 1.82) is 0 Å². The second-order valence-corrected chi connectivity index (χ2v) is 3.55. The minimum absolute atomic E-state index is 0.0389. The van der Waals surface area contributed by atoms with E-state index < -0.39 is 23.9 Å². The molecule has 0 radical (unpaired) electrons. The summed E-state index contributed by atoms with van der Waals surface area (Å²) in [4.78, 5) is 33.4. The van der Waals surface area contributed by atoms with E-state index in [1.165, 1.54) is 26.4 Å². The molecule has 1 aromatic heterocycles. The Hall–Kier alpha value is -2.31. The first kappa shape index (κ1) is 13.8. The number of amides is 1. The number of aromatic carboxylic acids is 1. The highest BCUT2D eigenvalue weighted by atomic mass is 16.5. The summed E-state index contributed by atoms with van der Waals surface area (Å²) < 4.78 is 9.35. The van der Waals surface area contributed by atoms with Crippen molar-refractivity contribution < 1.29 is 28.6 Å². The summed E-state index contributed by atoms with van der Waals surface area (Å²) in [5.74, 6) is -2.24. The maximum absolute atomic E-state index is 11.5. The number of carboxylic acid groups (broad SMARTS) is 1. The average molecular weight is 255 g/mol. The molecule has 1 heterocycles. The van der Waals surface area contributed by atoms with Gasteiger partial charge in [0.15, 0.2) is 0 Å². The number of carbonyl (C=O) groups excluding carboxylic acids is 2. The Bertz CT molecular complexity index is 464. The number of furan rings is 1. The van der Waals surface area contributed by atoms with Crippen molar-refractivity contribution >= 4 is 17.8 Å². The average Bonchev–Trinajstić information content (AvgIpc) is 2.75. The summed E-state index contributed by atoms with van der Waals surface area (Å²) in [6.07, 6.45) is 0.936. The molecule has 1 rings (SSSR count). The van der Waals surface area contributed by atoms with Gasteiger partial charge >= 0.3 is 11.9 Å². The van der Waals surface area contributed by atoms with Crippen LogP contribution < -0.4 is 5.32 Å². The van der Waals surface area contributed by atoms with Crippen molar-refractivity contribution in [3.05, 3.63) is 23.7 Å². The highest BCUT2D eigenvalue weighted by Gasteiger charge is 2.20. The Labute approximate surface area is 103 Å². The third-order valence-corrected chi connectivity index (χ3v) is 2.23. The highest BCUT2D eigenvalue weighted by molar-refractivity contribution is 5.91. The molecule has 1 aromatic rings. The first-order valence-electron chi connectivity index (χ1n) is 5.12. The molecule has 0 fully saturated rings. The zero-order chi connectivity index (χ0) is 13.7. The molecule has 7 heteroatoms. The van der Waals surface area contributed by atoms with Gasteiger partial charge in [0.25, 0.3) is 0 Å². The number of hydrogen-bond donors (Lipinski definition) is 2. The molecule has 0 aliphatic rings. The number of nitrogens with one attached hydrogen (secondary N) is 1. The zero-order valence-corrected chi connectivity index (χ0v) is 9.93. The third kappa shape index (κ3) is 3.34. The van der Waals surface area contributed by atoms with Gasteiger partial charge in [0.2, 0.25) is 5.91 Å². The summed E-state index contributed by atoms with van der Waals surface area (Å²) in [6, 6.07) is 0.458. The van der Waals surface area contributed by atoms with E-state index in [4.69, 9.17) is 9.52 Å². The molecule has 0 bridgehead atoms. The molecular weight excluding hydrogens is 242 g/mol. The van der Waals surface area contributed by atoms with Crippen LogP contribution in [0.3, 0.4) is 0 Å². The van der Waals surface area contributed by atoms with Crippen molar-refractivity contribution in [2.45, 2.75) is 19.4 Å². The van der Waals surface area contributed by atoms with Crippen LogP contribution in [-0.2, 0) is 20.7 Å². The van der Waals surface area contributed by atoms with E-state index in [1.807, 2.05) is 0 Å². The summed E-state index contributed by atoms with van der Waals surface area (Å²) in [6.45, 7) is 1.46. The van der Waals surface area contributed by atoms with Gasteiger partial charge in [-0.25, -0.2) is 9.59 Å². The van der Waals surface area contributed by atoms with Crippen LogP contribution in [0, 0.1) is 0 Å². The van der Waals surface area contributed by atoms with Crippen LogP contribution in [0.5, 0.6) is 0 Å². The number of rotatable bonds is 5. The maximum Gasteiger partial charge on any atom is 0.339 e. The third-order valence-electron chi connectivity index (χ3n) is 2.23. The van der Waals surface area contributed by atoms with Crippen LogP contribution in [0.1, 0.15) is 23.0 Å². The molecule has 2 N–H and O–H groups in total. The minimum atomic E-state index is -1.17. The number of esters is 1. The van der Waals surface area contributed by atoms with Gasteiger partial charge < -0.3 is 19.6 Å². The van der Waals surface area contributed by atoms with Crippen molar-refractivity contribution in [3.63, 3.8) is 0 Å². The van der Waals surface area contributed by atoms with Crippen molar-refractivity contribution in [2.75, 3.05) is 7.11 Å². The molecule has 0 aromatic carbocycles. The molecule has 0 aliphatic carbocycles. The van der Waals surface area contributed by atoms with Crippen LogP contribution in [0.25, 0.3) is 0 Å². The van der Waals surface area contributed by atoms with Gasteiger partial charge in [0, 0.05) is 0 Å².